The Balaban J connectivity index is 1.49. The zero-order chi connectivity index (χ0) is 27.1. The van der Waals surface area contributed by atoms with Crippen molar-refractivity contribution in [2.75, 3.05) is 18.0 Å². The maximum absolute atomic E-state index is 13.2. The van der Waals surface area contributed by atoms with E-state index in [2.05, 4.69) is 46.7 Å². The standard InChI is InChI=1S/C26H30F2N8OS/c1-5-17-13-36(24-22-20(33(4)26(37)31-24)14-34(32-22)10-9-29)18(6-2)12-35(17)15(3)19-8-7-16-11-21(23(27)28)38-25(16)30-19/h7-8,11,14-15,17-18,23H,5-6,10,12-13H2,1-4H3/t15-,17-,18+/m1/s1. The fourth-order valence-corrected chi connectivity index (χ4v) is 6.27. The zero-order valence-corrected chi connectivity index (χ0v) is 22.6. The Labute approximate surface area is 222 Å². The van der Waals surface area contributed by atoms with Crippen LogP contribution in [0, 0.1) is 11.3 Å². The average molecular weight is 541 g/mol. The van der Waals surface area contributed by atoms with Crippen molar-refractivity contribution in [3.63, 3.8) is 0 Å². The number of hydrogen-bond acceptors (Lipinski definition) is 8. The number of fused-ring (bicyclic) bond motifs is 2. The number of alkyl halides is 2. The summed E-state index contributed by atoms with van der Waals surface area (Å²) < 4.78 is 29.4. The van der Waals surface area contributed by atoms with Crippen molar-refractivity contribution in [3.05, 3.63) is 45.5 Å². The number of piperazine rings is 1. The van der Waals surface area contributed by atoms with Gasteiger partial charge < -0.3 is 4.90 Å². The van der Waals surface area contributed by atoms with Crippen LogP contribution in [0.1, 0.15) is 56.7 Å². The van der Waals surface area contributed by atoms with E-state index in [9.17, 15) is 13.6 Å². The minimum atomic E-state index is -2.50. The zero-order valence-electron chi connectivity index (χ0n) is 21.8. The summed E-state index contributed by atoms with van der Waals surface area (Å²) in [4.78, 5) is 27.2. The number of rotatable bonds is 7. The number of halogens is 2. The highest BCUT2D eigenvalue weighted by Crippen LogP contribution is 2.35. The molecule has 1 fully saturated rings. The van der Waals surface area contributed by atoms with Crippen LogP contribution in [0.15, 0.2) is 29.2 Å². The molecular formula is C26H30F2N8OS. The molecule has 1 saturated heterocycles. The molecule has 0 aliphatic carbocycles. The summed E-state index contributed by atoms with van der Waals surface area (Å²) in [6, 6.07) is 7.62. The SMILES string of the molecule is CC[C@H]1CN([C@H](C)c2ccc3cc(C(F)F)sc3n2)[C@H](CC)CN1c1nc(=O)n(C)c2cn(CC#N)nc12. The summed E-state index contributed by atoms with van der Waals surface area (Å²) >= 11 is 1.05. The van der Waals surface area contributed by atoms with Crippen molar-refractivity contribution in [3.8, 4) is 6.07 Å². The molecule has 5 heterocycles. The van der Waals surface area contributed by atoms with E-state index in [1.807, 2.05) is 12.1 Å². The van der Waals surface area contributed by atoms with Crippen molar-refractivity contribution in [1.82, 2.24) is 29.2 Å². The van der Waals surface area contributed by atoms with Gasteiger partial charge in [0.05, 0.1) is 28.4 Å². The number of nitriles is 1. The first-order valence-electron chi connectivity index (χ1n) is 12.8. The highest BCUT2D eigenvalue weighted by molar-refractivity contribution is 7.18. The van der Waals surface area contributed by atoms with Crippen LogP contribution in [0.3, 0.4) is 0 Å². The third-order valence-electron chi connectivity index (χ3n) is 7.55. The van der Waals surface area contributed by atoms with Crippen molar-refractivity contribution < 1.29 is 8.78 Å². The molecule has 200 valence electrons. The maximum Gasteiger partial charge on any atom is 0.349 e. The van der Waals surface area contributed by atoms with Crippen molar-refractivity contribution >= 4 is 38.4 Å². The monoisotopic (exact) mass is 540 g/mol. The first-order chi connectivity index (χ1) is 18.2. The van der Waals surface area contributed by atoms with Gasteiger partial charge >= 0.3 is 5.69 Å². The summed E-state index contributed by atoms with van der Waals surface area (Å²) in [7, 11) is 1.66. The van der Waals surface area contributed by atoms with E-state index in [-0.39, 0.29) is 35.2 Å². The van der Waals surface area contributed by atoms with Crippen LogP contribution in [0.2, 0.25) is 0 Å². The first kappa shape index (κ1) is 26.2. The summed E-state index contributed by atoms with van der Waals surface area (Å²) in [5.74, 6) is 0.551. The molecule has 4 aromatic rings. The van der Waals surface area contributed by atoms with Crippen LogP contribution in [0.25, 0.3) is 21.3 Å². The van der Waals surface area contributed by atoms with E-state index in [0.29, 0.717) is 28.2 Å². The number of thiophene rings is 1. The summed E-state index contributed by atoms with van der Waals surface area (Å²) in [5.41, 5.74) is 1.74. The minimum Gasteiger partial charge on any atom is -0.349 e. The highest BCUT2D eigenvalue weighted by atomic mass is 32.1. The molecule has 1 aliphatic rings. The number of nitrogens with zero attached hydrogens (tertiary/aromatic N) is 8. The number of anilines is 1. The second-order valence-electron chi connectivity index (χ2n) is 9.72. The lowest BCUT2D eigenvalue weighted by atomic mass is 9.98. The highest BCUT2D eigenvalue weighted by Gasteiger charge is 2.37. The number of pyridine rings is 1. The number of aromatic nitrogens is 5. The molecule has 0 bridgehead atoms. The average Bonchev–Trinajstić information content (AvgIpc) is 3.54. The molecule has 1 aliphatic heterocycles. The predicted octanol–water partition coefficient (Wildman–Crippen LogP) is 4.64. The minimum absolute atomic E-state index is 0.0240. The van der Waals surface area contributed by atoms with Gasteiger partial charge in [-0.05, 0) is 31.9 Å². The van der Waals surface area contributed by atoms with Crippen molar-refractivity contribution in [2.45, 2.75) is 64.7 Å². The van der Waals surface area contributed by atoms with Gasteiger partial charge in [0.2, 0.25) is 0 Å². The Bertz CT molecular complexity index is 1570. The third kappa shape index (κ3) is 4.54. The maximum atomic E-state index is 13.2. The van der Waals surface area contributed by atoms with E-state index in [4.69, 9.17) is 10.2 Å². The van der Waals surface area contributed by atoms with Crippen LogP contribution in [-0.2, 0) is 13.6 Å². The number of hydrogen-bond donors (Lipinski definition) is 0. The molecule has 3 atom stereocenters. The molecule has 5 rings (SSSR count). The van der Waals surface area contributed by atoms with E-state index < -0.39 is 6.43 Å². The molecule has 9 nitrogen and oxygen atoms in total. The summed E-state index contributed by atoms with van der Waals surface area (Å²) in [5, 5.41) is 14.5. The number of aryl methyl sites for hydroxylation is 1. The van der Waals surface area contributed by atoms with Gasteiger partial charge in [0.15, 0.2) is 11.3 Å². The second kappa shape index (κ2) is 10.4. The normalized spacial score (nSPS) is 19.5. The molecule has 0 unspecified atom stereocenters. The van der Waals surface area contributed by atoms with Crippen LogP contribution in [0.4, 0.5) is 14.6 Å². The predicted molar refractivity (Wildman–Crippen MR) is 144 cm³/mol. The lowest BCUT2D eigenvalue weighted by molar-refractivity contribution is 0.0989. The second-order valence-corrected chi connectivity index (χ2v) is 10.8. The molecule has 0 aromatic carbocycles. The molecule has 0 saturated carbocycles. The van der Waals surface area contributed by atoms with Crippen LogP contribution in [-0.4, -0.2) is 54.4 Å². The molecular weight excluding hydrogens is 510 g/mol. The van der Waals surface area contributed by atoms with E-state index in [1.165, 1.54) is 15.3 Å². The van der Waals surface area contributed by atoms with E-state index in [1.54, 1.807) is 13.2 Å². The van der Waals surface area contributed by atoms with Crippen molar-refractivity contribution in [2.24, 2.45) is 7.05 Å². The molecule has 0 amide bonds. The molecule has 0 radical (unpaired) electrons. The Morgan fingerprint density at radius 2 is 1.95 bits per heavy atom. The van der Waals surface area contributed by atoms with Gasteiger partial charge in [0.25, 0.3) is 6.43 Å². The fourth-order valence-electron chi connectivity index (χ4n) is 5.37. The van der Waals surface area contributed by atoms with E-state index >= 15 is 0 Å². The molecule has 0 N–H and O–H groups in total. The lowest BCUT2D eigenvalue weighted by Crippen LogP contribution is -2.59. The Kier molecular flexibility index (Phi) is 7.15. The van der Waals surface area contributed by atoms with Gasteiger partial charge in [-0.15, -0.1) is 11.3 Å². The van der Waals surface area contributed by atoms with Crippen molar-refractivity contribution in [1.29, 1.82) is 5.26 Å². The fraction of sp³-hybridized carbons (Fsp3) is 0.500. The molecule has 12 heteroatoms. The summed E-state index contributed by atoms with van der Waals surface area (Å²) in [6.07, 6.45) is 0.906. The van der Waals surface area contributed by atoms with Gasteiger partial charge in [-0.25, -0.2) is 18.6 Å². The summed E-state index contributed by atoms with van der Waals surface area (Å²) in [6.45, 7) is 7.81. The largest absolute Gasteiger partial charge is 0.349 e. The Hall–Kier alpha value is -3.43. The van der Waals surface area contributed by atoms with Crippen LogP contribution in [0.5, 0.6) is 0 Å². The van der Waals surface area contributed by atoms with Gasteiger partial charge in [0.1, 0.15) is 11.4 Å². The molecule has 4 aromatic heterocycles. The van der Waals surface area contributed by atoms with Crippen LogP contribution < -0.4 is 10.6 Å². The Morgan fingerprint density at radius 1 is 1.18 bits per heavy atom. The topological polar surface area (TPSA) is 95.9 Å². The molecule has 0 spiro atoms. The molecule has 38 heavy (non-hydrogen) atoms. The lowest BCUT2D eigenvalue weighted by Gasteiger charge is -2.48. The van der Waals surface area contributed by atoms with Gasteiger partial charge in [-0.3, -0.25) is 14.1 Å². The first-order valence-corrected chi connectivity index (χ1v) is 13.6. The van der Waals surface area contributed by atoms with Gasteiger partial charge in [0, 0.05) is 43.6 Å². The van der Waals surface area contributed by atoms with Gasteiger partial charge in [-0.2, -0.15) is 15.3 Å². The van der Waals surface area contributed by atoms with E-state index in [0.717, 1.165) is 41.8 Å². The third-order valence-corrected chi connectivity index (χ3v) is 8.61. The smallest absolute Gasteiger partial charge is 0.349 e. The van der Waals surface area contributed by atoms with Crippen LogP contribution >= 0.6 is 11.3 Å². The Morgan fingerprint density at radius 3 is 2.63 bits per heavy atom. The quantitative estimate of drug-likeness (QED) is 0.337. The van der Waals surface area contributed by atoms with Gasteiger partial charge in [-0.1, -0.05) is 19.9 Å².